The highest BCUT2D eigenvalue weighted by molar-refractivity contribution is 6.16. The molecular formula is C10H8ClF2N3. The lowest BCUT2D eigenvalue weighted by molar-refractivity contribution is 0.560. The molecule has 0 saturated heterocycles. The summed E-state index contributed by atoms with van der Waals surface area (Å²) in [4.78, 5) is 0. The Labute approximate surface area is 95.6 Å². The van der Waals surface area contributed by atoms with Gasteiger partial charge in [0.25, 0.3) is 0 Å². The predicted octanol–water partition coefficient (Wildman–Crippen LogP) is 2.34. The van der Waals surface area contributed by atoms with Crippen LogP contribution in [0.3, 0.4) is 0 Å². The largest absolute Gasteiger partial charge is 0.248 e. The Hall–Kier alpha value is -1.49. The SMILES string of the molecule is Fc1ccc(F)c(Cn2cc(CCl)nn2)c1. The standard InChI is InChI=1S/C10H8ClF2N3/c11-4-9-6-16(15-14-9)5-7-3-8(12)1-2-10(7)13/h1-3,6H,4-5H2. The zero-order chi connectivity index (χ0) is 11.5. The average molecular weight is 244 g/mol. The van der Waals surface area contributed by atoms with E-state index in [0.717, 1.165) is 18.2 Å². The molecule has 0 fully saturated rings. The number of halogens is 3. The van der Waals surface area contributed by atoms with E-state index in [9.17, 15) is 8.78 Å². The van der Waals surface area contributed by atoms with Crippen molar-refractivity contribution in [2.24, 2.45) is 0 Å². The van der Waals surface area contributed by atoms with Gasteiger partial charge in [-0.3, -0.25) is 0 Å². The van der Waals surface area contributed by atoms with Crippen molar-refractivity contribution >= 4 is 11.6 Å². The third-order valence-electron chi connectivity index (χ3n) is 2.06. The van der Waals surface area contributed by atoms with Crippen LogP contribution in [-0.2, 0) is 12.4 Å². The monoisotopic (exact) mass is 243 g/mol. The van der Waals surface area contributed by atoms with Gasteiger partial charge in [0.15, 0.2) is 0 Å². The van der Waals surface area contributed by atoms with Crippen LogP contribution < -0.4 is 0 Å². The molecule has 0 aliphatic rings. The Morgan fingerprint density at radius 1 is 1.31 bits per heavy atom. The van der Waals surface area contributed by atoms with Gasteiger partial charge in [-0.1, -0.05) is 5.21 Å². The molecule has 2 rings (SSSR count). The molecule has 2 aromatic rings. The van der Waals surface area contributed by atoms with Gasteiger partial charge >= 0.3 is 0 Å². The summed E-state index contributed by atoms with van der Waals surface area (Å²) in [7, 11) is 0. The van der Waals surface area contributed by atoms with E-state index in [1.165, 1.54) is 4.68 Å². The molecule has 0 atom stereocenters. The number of nitrogens with zero attached hydrogens (tertiary/aromatic N) is 3. The molecule has 6 heteroatoms. The van der Waals surface area contributed by atoms with E-state index in [2.05, 4.69) is 10.3 Å². The summed E-state index contributed by atoms with van der Waals surface area (Å²) in [5.74, 6) is -0.704. The van der Waals surface area contributed by atoms with Crippen molar-refractivity contribution in [2.75, 3.05) is 0 Å². The van der Waals surface area contributed by atoms with Gasteiger partial charge in [-0.2, -0.15) is 0 Å². The summed E-state index contributed by atoms with van der Waals surface area (Å²) < 4.78 is 27.6. The topological polar surface area (TPSA) is 30.7 Å². The van der Waals surface area contributed by atoms with Crippen LogP contribution in [0.4, 0.5) is 8.78 Å². The zero-order valence-corrected chi connectivity index (χ0v) is 8.96. The van der Waals surface area contributed by atoms with Crippen molar-refractivity contribution in [1.82, 2.24) is 15.0 Å². The highest BCUT2D eigenvalue weighted by atomic mass is 35.5. The van der Waals surface area contributed by atoms with E-state index in [4.69, 9.17) is 11.6 Å². The maximum atomic E-state index is 13.3. The first-order chi connectivity index (χ1) is 7.69. The Morgan fingerprint density at radius 3 is 2.81 bits per heavy atom. The Bertz CT molecular complexity index is 499. The number of aromatic nitrogens is 3. The number of benzene rings is 1. The minimum atomic E-state index is -0.478. The van der Waals surface area contributed by atoms with Crippen molar-refractivity contribution < 1.29 is 8.78 Å². The van der Waals surface area contributed by atoms with Crippen LogP contribution in [0.1, 0.15) is 11.3 Å². The third-order valence-corrected chi connectivity index (χ3v) is 2.34. The van der Waals surface area contributed by atoms with Gasteiger partial charge in [0.2, 0.25) is 0 Å². The smallest absolute Gasteiger partial charge is 0.128 e. The number of hydrogen-bond donors (Lipinski definition) is 0. The molecule has 0 bridgehead atoms. The lowest BCUT2D eigenvalue weighted by Crippen LogP contribution is -2.03. The van der Waals surface area contributed by atoms with E-state index in [-0.39, 0.29) is 18.0 Å². The molecule has 0 aliphatic carbocycles. The second kappa shape index (κ2) is 4.57. The van der Waals surface area contributed by atoms with Gasteiger partial charge in [0.1, 0.15) is 11.6 Å². The van der Waals surface area contributed by atoms with E-state index in [1.807, 2.05) is 0 Å². The van der Waals surface area contributed by atoms with E-state index >= 15 is 0 Å². The van der Waals surface area contributed by atoms with Crippen LogP contribution in [-0.4, -0.2) is 15.0 Å². The fraction of sp³-hybridized carbons (Fsp3) is 0.200. The summed E-state index contributed by atoms with van der Waals surface area (Å²) in [6.07, 6.45) is 1.59. The van der Waals surface area contributed by atoms with Gasteiger partial charge in [-0.25, -0.2) is 13.5 Å². The molecule has 0 spiro atoms. The van der Waals surface area contributed by atoms with Gasteiger partial charge in [-0.15, -0.1) is 16.7 Å². The van der Waals surface area contributed by atoms with Crippen LogP contribution in [0.5, 0.6) is 0 Å². The van der Waals surface area contributed by atoms with Crippen molar-refractivity contribution in [2.45, 2.75) is 12.4 Å². The van der Waals surface area contributed by atoms with Gasteiger partial charge in [-0.05, 0) is 18.2 Å². The van der Waals surface area contributed by atoms with Crippen LogP contribution in [0.15, 0.2) is 24.4 Å². The molecule has 1 aromatic heterocycles. The predicted molar refractivity (Wildman–Crippen MR) is 55.0 cm³/mol. The lowest BCUT2D eigenvalue weighted by atomic mass is 10.2. The summed E-state index contributed by atoms with van der Waals surface area (Å²) in [5.41, 5.74) is 0.824. The summed E-state index contributed by atoms with van der Waals surface area (Å²) >= 11 is 5.55. The van der Waals surface area contributed by atoms with Crippen LogP contribution in [0.25, 0.3) is 0 Å². The second-order valence-electron chi connectivity index (χ2n) is 3.28. The molecule has 84 valence electrons. The van der Waals surface area contributed by atoms with E-state index in [0.29, 0.717) is 5.69 Å². The van der Waals surface area contributed by atoms with Crippen molar-refractivity contribution in [3.05, 3.63) is 47.3 Å². The lowest BCUT2D eigenvalue weighted by Gasteiger charge is -2.02. The second-order valence-corrected chi connectivity index (χ2v) is 3.54. The Morgan fingerprint density at radius 2 is 2.12 bits per heavy atom. The van der Waals surface area contributed by atoms with E-state index < -0.39 is 11.6 Å². The van der Waals surface area contributed by atoms with Crippen molar-refractivity contribution in [3.63, 3.8) is 0 Å². The number of alkyl halides is 1. The normalized spacial score (nSPS) is 10.7. The van der Waals surface area contributed by atoms with Crippen LogP contribution in [0.2, 0.25) is 0 Å². The van der Waals surface area contributed by atoms with Crippen LogP contribution in [0, 0.1) is 11.6 Å². The molecule has 1 heterocycles. The molecule has 0 radical (unpaired) electrons. The molecule has 0 amide bonds. The van der Waals surface area contributed by atoms with Gasteiger partial charge in [0, 0.05) is 5.56 Å². The Kier molecular flexibility index (Phi) is 3.14. The molecule has 16 heavy (non-hydrogen) atoms. The molecular weight excluding hydrogens is 236 g/mol. The van der Waals surface area contributed by atoms with Gasteiger partial charge in [0.05, 0.1) is 24.3 Å². The quantitative estimate of drug-likeness (QED) is 0.775. The molecule has 0 N–H and O–H groups in total. The summed E-state index contributed by atoms with van der Waals surface area (Å²) in [6.45, 7) is 0.132. The first kappa shape index (κ1) is 11.0. The maximum absolute atomic E-state index is 13.3. The zero-order valence-electron chi connectivity index (χ0n) is 8.20. The number of rotatable bonds is 3. The third kappa shape index (κ3) is 2.36. The fourth-order valence-corrected chi connectivity index (χ4v) is 1.44. The molecule has 3 nitrogen and oxygen atoms in total. The van der Waals surface area contributed by atoms with Crippen molar-refractivity contribution in [3.8, 4) is 0 Å². The molecule has 0 saturated carbocycles. The average Bonchev–Trinajstić information content (AvgIpc) is 2.71. The van der Waals surface area contributed by atoms with E-state index in [1.54, 1.807) is 6.20 Å². The highest BCUT2D eigenvalue weighted by Gasteiger charge is 2.06. The summed E-state index contributed by atoms with van der Waals surface area (Å²) in [6, 6.07) is 3.30. The van der Waals surface area contributed by atoms with Crippen LogP contribution >= 0.6 is 11.6 Å². The highest BCUT2D eigenvalue weighted by Crippen LogP contribution is 2.11. The molecule has 0 aliphatic heterocycles. The van der Waals surface area contributed by atoms with Gasteiger partial charge < -0.3 is 0 Å². The first-order valence-corrected chi connectivity index (χ1v) is 5.11. The van der Waals surface area contributed by atoms with Crippen molar-refractivity contribution in [1.29, 1.82) is 0 Å². The maximum Gasteiger partial charge on any atom is 0.128 e. The minimum absolute atomic E-state index is 0.132. The molecule has 1 aromatic carbocycles. The summed E-state index contributed by atoms with van der Waals surface area (Å²) in [5, 5.41) is 7.49. The Balaban J connectivity index is 2.22. The first-order valence-electron chi connectivity index (χ1n) is 4.58. The molecule has 0 unspecified atom stereocenters. The fourth-order valence-electron chi connectivity index (χ4n) is 1.32. The number of hydrogen-bond acceptors (Lipinski definition) is 2. The minimum Gasteiger partial charge on any atom is -0.248 e.